The van der Waals surface area contributed by atoms with Crippen LogP contribution in [-0.2, 0) is 0 Å². The molecule has 1 fully saturated rings. The molecule has 0 bridgehead atoms. The number of pyridine rings is 1. The van der Waals surface area contributed by atoms with Crippen molar-refractivity contribution in [2.45, 2.75) is 45.6 Å². The van der Waals surface area contributed by atoms with E-state index in [2.05, 4.69) is 22.3 Å². The van der Waals surface area contributed by atoms with Gasteiger partial charge in [-0.05, 0) is 43.9 Å². The van der Waals surface area contributed by atoms with Crippen molar-refractivity contribution in [3.8, 4) is 5.82 Å². The fraction of sp³-hybridized carbons (Fsp3) is 0.381. The van der Waals surface area contributed by atoms with E-state index in [0.29, 0.717) is 11.5 Å². The molecule has 1 N–H and O–H groups in total. The van der Waals surface area contributed by atoms with Crippen LogP contribution in [0.25, 0.3) is 16.7 Å². The summed E-state index contributed by atoms with van der Waals surface area (Å²) < 4.78 is 1.74. The molecule has 0 aliphatic heterocycles. The van der Waals surface area contributed by atoms with Crippen molar-refractivity contribution >= 4 is 16.8 Å². The number of fused-ring (bicyclic) bond motifs is 1. The predicted molar refractivity (Wildman–Crippen MR) is 102 cm³/mol. The van der Waals surface area contributed by atoms with Crippen LogP contribution in [0.2, 0.25) is 0 Å². The quantitative estimate of drug-likeness (QED) is 0.777. The Hall–Kier alpha value is -2.69. The molecule has 1 aliphatic rings. The minimum absolute atomic E-state index is 0.0340. The molecule has 1 amide bonds. The molecule has 0 radical (unpaired) electrons. The first-order chi connectivity index (χ1) is 12.6. The van der Waals surface area contributed by atoms with E-state index in [1.165, 1.54) is 19.3 Å². The van der Waals surface area contributed by atoms with Crippen molar-refractivity contribution in [1.29, 1.82) is 0 Å². The minimum Gasteiger partial charge on any atom is -0.349 e. The molecule has 1 aromatic carbocycles. The molecular weight excluding hydrogens is 324 g/mol. The van der Waals surface area contributed by atoms with Gasteiger partial charge in [0.1, 0.15) is 0 Å². The number of para-hydroxylation sites is 1. The Labute approximate surface area is 153 Å². The number of aromatic nitrogens is 3. The van der Waals surface area contributed by atoms with E-state index in [1.54, 1.807) is 10.9 Å². The summed E-state index contributed by atoms with van der Waals surface area (Å²) in [5, 5.41) is 8.72. The summed E-state index contributed by atoms with van der Waals surface area (Å²) in [4.78, 5) is 17.4. The SMILES string of the molecule is Cc1c(C(=O)NC2CCCCC2C)cnn1-c1ccc2ccccc2n1. The van der Waals surface area contributed by atoms with Crippen LogP contribution in [-0.4, -0.2) is 26.7 Å². The second-order valence-electron chi connectivity index (χ2n) is 7.26. The van der Waals surface area contributed by atoms with Crippen LogP contribution in [0.15, 0.2) is 42.6 Å². The molecule has 5 nitrogen and oxygen atoms in total. The van der Waals surface area contributed by atoms with Crippen LogP contribution in [0.5, 0.6) is 0 Å². The summed E-state index contributed by atoms with van der Waals surface area (Å²) in [6.45, 7) is 4.14. The largest absolute Gasteiger partial charge is 0.349 e. The number of rotatable bonds is 3. The third kappa shape index (κ3) is 3.09. The van der Waals surface area contributed by atoms with Gasteiger partial charge >= 0.3 is 0 Å². The lowest BCUT2D eigenvalue weighted by molar-refractivity contribution is 0.0909. The van der Waals surface area contributed by atoms with E-state index in [9.17, 15) is 4.79 Å². The highest BCUT2D eigenvalue weighted by atomic mass is 16.1. The first-order valence-electron chi connectivity index (χ1n) is 9.35. The summed E-state index contributed by atoms with van der Waals surface area (Å²) in [6, 6.07) is 12.2. The van der Waals surface area contributed by atoms with Gasteiger partial charge in [0, 0.05) is 11.4 Å². The van der Waals surface area contributed by atoms with Gasteiger partial charge in [-0.1, -0.05) is 38.0 Å². The van der Waals surface area contributed by atoms with Crippen molar-refractivity contribution in [3.05, 3.63) is 53.9 Å². The Morgan fingerprint density at radius 2 is 1.96 bits per heavy atom. The topological polar surface area (TPSA) is 59.8 Å². The zero-order valence-electron chi connectivity index (χ0n) is 15.3. The average Bonchev–Trinajstić information content (AvgIpc) is 3.05. The van der Waals surface area contributed by atoms with E-state index < -0.39 is 0 Å². The summed E-state index contributed by atoms with van der Waals surface area (Å²) in [7, 11) is 0. The highest BCUT2D eigenvalue weighted by Gasteiger charge is 2.25. The van der Waals surface area contributed by atoms with Gasteiger partial charge in [0.2, 0.25) is 0 Å². The zero-order chi connectivity index (χ0) is 18.1. The summed E-state index contributed by atoms with van der Waals surface area (Å²) >= 11 is 0. The third-order valence-corrected chi connectivity index (χ3v) is 5.48. The Balaban J connectivity index is 1.59. The lowest BCUT2D eigenvalue weighted by atomic mass is 9.86. The van der Waals surface area contributed by atoms with Gasteiger partial charge in [-0.15, -0.1) is 0 Å². The van der Waals surface area contributed by atoms with Gasteiger partial charge in [-0.25, -0.2) is 9.67 Å². The monoisotopic (exact) mass is 348 g/mol. The van der Waals surface area contributed by atoms with Gasteiger partial charge in [-0.3, -0.25) is 4.79 Å². The lowest BCUT2D eigenvalue weighted by Crippen LogP contribution is -2.41. The van der Waals surface area contributed by atoms with Crippen LogP contribution >= 0.6 is 0 Å². The van der Waals surface area contributed by atoms with E-state index in [0.717, 1.165) is 28.8 Å². The van der Waals surface area contributed by atoms with Gasteiger partial charge in [0.05, 0.1) is 23.0 Å². The molecule has 1 aliphatic carbocycles. The van der Waals surface area contributed by atoms with E-state index in [1.807, 2.05) is 43.3 Å². The number of hydrogen-bond donors (Lipinski definition) is 1. The summed E-state index contributed by atoms with van der Waals surface area (Å²) in [5.74, 6) is 1.23. The van der Waals surface area contributed by atoms with Crippen molar-refractivity contribution in [1.82, 2.24) is 20.1 Å². The van der Waals surface area contributed by atoms with Crippen molar-refractivity contribution in [3.63, 3.8) is 0 Å². The van der Waals surface area contributed by atoms with Crippen molar-refractivity contribution in [2.75, 3.05) is 0 Å². The molecule has 2 unspecified atom stereocenters. The molecule has 134 valence electrons. The van der Waals surface area contributed by atoms with Gasteiger partial charge in [0.25, 0.3) is 5.91 Å². The molecular formula is C21H24N4O. The smallest absolute Gasteiger partial charge is 0.254 e. The predicted octanol–water partition coefficient (Wildman–Crippen LogP) is 4.04. The van der Waals surface area contributed by atoms with Gasteiger partial charge in [-0.2, -0.15) is 5.10 Å². The number of carbonyl (C=O) groups excluding carboxylic acids is 1. The second kappa shape index (κ2) is 6.90. The molecule has 0 spiro atoms. The Kier molecular flexibility index (Phi) is 4.45. The average molecular weight is 348 g/mol. The van der Waals surface area contributed by atoms with Crippen LogP contribution < -0.4 is 5.32 Å². The standard InChI is InChI=1S/C21H24N4O/c1-14-7-3-5-9-18(14)24-21(26)17-13-22-25(15(17)2)20-12-11-16-8-4-6-10-19(16)23-20/h4,6,8,10-14,18H,3,5,7,9H2,1-2H3,(H,24,26). The minimum atomic E-state index is -0.0340. The maximum Gasteiger partial charge on any atom is 0.254 e. The maximum atomic E-state index is 12.8. The molecule has 2 atom stereocenters. The molecule has 2 aromatic heterocycles. The van der Waals surface area contributed by atoms with E-state index in [4.69, 9.17) is 0 Å². The van der Waals surface area contributed by atoms with Crippen LogP contribution in [0.4, 0.5) is 0 Å². The zero-order valence-corrected chi connectivity index (χ0v) is 15.3. The number of nitrogens with zero attached hydrogens (tertiary/aromatic N) is 3. The second-order valence-corrected chi connectivity index (χ2v) is 7.26. The number of hydrogen-bond acceptors (Lipinski definition) is 3. The Morgan fingerprint density at radius 1 is 1.15 bits per heavy atom. The molecule has 0 saturated heterocycles. The van der Waals surface area contributed by atoms with Gasteiger partial charge < -0.3 is 5.32 Å². The number of nitrogens with one attached hydrogen (secondary N) is 1. The highest BCUT2D eigenvalue weighted by Crippen LogP contribution is 2.24. The Morgan fingerprint density at radius 3 is 2.81 bits per heavy atom. The molecule has 2 heterocycles. The maximum absolute atomic E-state index is 12.8. The number of benzene rings is 1. The summed E-state index contributed by atoms with van der Waals surface area (Å²) in [6.07, 6.45) is 6.35. The molecule has 1 saturated carbocycles. The van der Waals surface area contributed by atoms with Crippen LogP contribution in [0.1, 0.15) is 48.7 Å². The summed E-state index contributed by atoms with van der Waals surface area (Å²) in [5.41, 5.74) is 2.36. The first kappa shape index (κ1) is 16.8. The van der Waals surface area contributed by atoms with Gasteiger partial charge in [0.15, 0.2) is 5.82 Å². The molecule has 4 rings (SSSR count). The highest BCUT2D eigenvalue weighted by molar-refractivity contribution is 5.95. The van der Waals surface area contributed by atoms with Crippen LogP contribution in [0.3, 0.4) is 0 Å². The fourth-order valence-corrected chi connectivity index (χ4v) is 3.81. The van der Waals surface area contributed by atoms with Crippen molar-refractivity contribution in [2.24, 2.45) is 5.92 Å². The molecule has 3 aromatic rings. The number of amides is 1. The lowest BCUT2D eigenvalue weighted by Gasteiger charge is -2.29. The Bertz CT molecular complexity index is 946. The third-order valence-electron chi connectivity index (χ3n) is 5.48. The fourth-order valence-electron chi connectivity index (χ4n) is 3.81. The van der Waals surface area contributed by atoms with E-state index >= 15 is 0 Å². The van der Waals surface area contributed by atoms with Crippen LogP contribution in [0, 0.1) is 12.8 Å². The normalized spacial score (nSPS) is 20.2. The van der Waals surface area contributed by atoms with E-state index in [-0.39, 0.29) is 11.9 Å². The number of carbonyl (C=O) groups is 1. The van der Waals surface area contributed by atoms with Crippen molar-refractivity contribution < 1.29 is 4.79 Å². The molecule has 5 heteroatoms. The molecule has 26 heavy (non-hydrogen) atoms. The first-order valence-corrected chi connectivity index (χ1v) is 9.35.